The number of benzene rings is 4. The van der Waals surface area contributed by atoms with Gasteiger partial charge in [0.2, 0.25) is 23.6 Å². The van der Waals surface area contributed by atoms with Gasteiger partial charge in [-0.15, -0.1) is 37.2 Å². The Balaban J connectivity index is 0.00000330. The van der Waals surface area contributed by atoms with Gasteiger partial charge in [0.15, 0.2) is 0 Å². The Bertz CT molecular complexity index is 2690. The molecule has 454 valence electrons. The van der Waals surface area contributed by atoms with Crippen molar-refractivity contribution in [1.29, 1.82) is 0 Å². The Morgan fingerprint density at radius 3 is 1.30 bits per heavy atom. The van der Waals surface area contributed by atoms with Crippen LogP contribution in [-0.2, 0) is 52.3 Å². The van der Waals surface area contributed by atoms with Gasteiger partial charge in [-0.2, -0.15) is 0 Å². The fraction of sp³-hybridized carbons (Fsp3) is 0.548. The Morgan fingerprint density at radius 2 is 0.928 bits per heavy atom. The lowest BCUT2D eigenvalue weighted by Crippen LogP contribution is -2.62. The second kappa shape index (κ2) is 28.6. The summed E-state index contributed by atoms with van der Waals surface area (Å²) in [7, 11) is 0. The van der Waals surface area contributed by atoms with Gasteiger partial charge < -0.3 is 40.5 Å². The van der Waals surface area contributed by atoms with E-state index in [1.807, 2.05) is 50.2 Å². The van der Waals surface area contributed by atoms with Crippen LogP contribution in [0.3, 0.4) is 0 Å². The predicted octanol–water partition coefficient (Wildman–Crippen LogP) is 5.32. The molecule has 8 atom stereocenters. The van der Waals surface area contributed by atoms with E-state index in [9.17, 15) is 28.0 Å². The van der Waals surface area contributed by atoms with E-state index in [1.54, 1.807) is 34.1 Å². The number of hydrogen-bond donors (Lipinski definition) is 4. The second-order valence-corrected chi connectivity index (χ2v) is 24.1. The number of fused-ring (bicyclic) bond motifs is 2. The fourth-order valence-electron chi connectivity index (χ4n) is 12.9. The summed E-state index contributed by atoms with van der Waals surface area (Å²) in [6, 6.07) is 25.8. The number of nitrogens with one attached hydrogen (secondary N) is 4. The van der Waals surface area contributed by atoms with Gasteiger partial charge in [-0.3, -0.25) is 38.8 Å². The number of carbonyl (C=O) groups excluding carboxylic acids is 4. The van der Waals surface area contributed by atoms with Crippen LogP contribution in [0.4, 0.5) is 20.2 Å². The number of anilines is 2. The summed E-state index contributed by atoms with van der Waals surface area (Å²) in [5, 5.41) is 13.5. The Labute approximate surface area is 507 Å². The van der Waals surface area contributed by atoms with Gasteiger partial charge in [0.05, 0.1) is 50.3 Å². The molecule has 4 amide bonds. The fourth-order valence-corrected chi connectivity index (χ4v) is 12.9. The number of rotatable bonds is 17. The largest absolute Gasteiger partial charge is 0.379 e. The highest BCUT2D eigenvalue weighted by molar-refractivity contribution is 6.04. The zero-order valence-electron chi connectivity index (χ0n) is 48.8. The summed E-state index contributed by atoms with van der Waals surface area (Å²) in [6.45, 7) is 22.2. The third-order valence-corrected chi connectivity index (χ3v) is 17.8. The van der Waals surface area contributed by atoms with Crippen molar-refractivity contribution in [3.05, 3.63) is 130 Å². The summed E-state index contributed by atoms with van der Waals surface area (Å²) in [4.78, 5) is 72.0. The minimum Gasteiger partial charge on any atom is -0.379 e. The molecule has 6 heterocycles. The lowest BCUT2D eigenvalue weighted by Gasteiger charge is -2.43. The molecular weight excluding hydrogens is 1130 g/mol. The number of carbonyl (C=O) groups is 4. The molecule has 6 aliphatic heterocycles. The second-order valence-electron chi connectivity index (χ2n) is 24.1. The first-order valence-corrected chi connectivity index (χ1v) is 29.0. The first-order chi connectivity index (χ1) is 38.4. The lowest BCUT2D eigenvalue weighted by molar-refractivity contribution is -0.128. The number of nitrogens with zero attached hydrogens (tertiary/aromatic N) is 6. The summed E-state index contributed by atoms with van der Waals surface area (Å²) in [5.41, 5.74) is 4.32. The van der Waals surface area contributed by atoms with E-state index in [0.717, 1.165) is 72.6 Å². The number of amides is 4. The third kappa shape index (κ3) is 15.1. The number of ether oxygens (including phenoxy) is 2. The van der Waals surface area contributed by atoms with Crippen LogP contribution >= 0.6 is 37.2 Å². The van der Waals surface area contributed by atoms with Gasteiger partial charge in [0.25, 0.3) is 0 Å². The minimum absolute atomic E-state index is 0. The Hall–Kier alpha value is -4.83. The maximum absolute atomic E-state index is 14.8. The van der Waals surface area contributed by atoms with E-state index in [0.29, 0.717) is 63.7 Å². The van der Waals surface area contributed by atoms with Crippen molar-refractivity contribution in [2.45, 2.75) is 101 Å². The first kappa shape index (κ1) is 65.7. The molecule has 4 aromatic rings. The third-order valence-electron chi connectivity index (χ3n) is 17.8. The van der Waals surface area contributed by atoms with Crippen molar-refractivity contribution in [3.8, 4) is 0 Å². The number of morpholine rings is 2. The van der Waals surface area contributed by atoms with Gasteiger partial charge in [-0.05, 0) is 124 Å². The standard InChI is InChI=1S/C62H82F2N10O6.3ClH/c1-41-31-71(51(29-67-41)33-69-21-23-79-37-43(69)3)35-57(75)73-39-61(5,53-17-11-47(27-55(53)73)25-45-7-13-49(63)14-8-45)59(77)65-19-20-66-60(78)62(6)40-74(56-28-48(12-18-54(56)62)26-46-9-15-50(64)16-10-46)58(76)36-72-32-42(2)68-30-52(72)34-70-22-24-80-38-44(70)4;;;/h7-18,27-28,41-44,51-52,67-68H,19-26,29-40H2,1-6H3,(H,65,77)(H,66,78);3*1H/t41-,42-,43-,44-,51-,52-,61?,62?;;;/m1.../s1. The molecule has 16 nitrogen and oxygen atoms in total. The number of halogens is 5. The summed E-state index contributed by atoms with van der Waals surface area (Å²) >= 11 is 0. The molecule has 4 N–H and O–H groups in total. The molecule has 2 unspecified atom stereocenters. The summed E-state index contributed by atoms with van der Waals surface area (Å²) < 4.78 is 39.3. The summed E-state index contributed by atoms with van der Waals surface area (Å²) in [5.74, 6) is -1.33. The van der Waals surface area contributed by atoms with Crippen LogP contribution in [0.2, 0.25) is 0 Å². The maximum atomic E-state index is 14.8. The molecule has 0 spiro atoms. The van der Waals surface area contributed by atoms with Crippen LogP contribution in [0.25, 0.3) is 0 Å². The SMILES string of the molecule is C[C@@H]1CN(CC(=O)N2CC(C)(C(=O)NCCNC(=O)C3(C)CN(C(=O)CN4C[C@@H](C)NC[C@@H]4CN4CCOC[C@H]4C)c4cc(Cc5ccc(F)cc5)ccc43)c3ccc(Cc4ccc(F)cc4)cc32)[C@@H](CN2CCOC[C@H]2C)CN1.Cl.Cl.Cl. The van der Waals surface area contributed by atoms with E-state index in [-0.39, 0.29) is 148 Å². The van der Waals surface area contributed by atoms with Gasteiger partial charge >= 0.3 is 0 Å². The van der Waals surface area contributed by atoms with Crippen molar-refractivity contribution in [2.75, 3.05) is 128 Å². The normalized spacial score (nSPS) is 26.7. The van der Waals surface area contributed by atoms with Crippen LogP contribution in [0.15, 0.2) is 84.9 Å². The average molecular weight is 1210 g/mol. The van der Waals surface area contributed by atoms with Crippen molar-refractivity contribution in [3.63, 3.8) is 0 Å². The van der Waals surface area contributed by atoms with Crippen LogP contribution in [0, 0.1) is 11.6 Å². The molecule has 0 saturated carbocycles. The highest BCUT2D eigenvalue weighted by atomic mass is 35.5. The molecule has 0 radical (unpaired) electrons. The van der Waals surface area contributed by atoms with Gasteiger partial charge in [-0.25, -0.2) is 8.78 Å². The molecule has 4 fully saturated rings. The molecule has 0 aliphatic carbocycles. The smallest absolute Gasteiger partial charge is 0.241 e. The molecule has 0 bridgehead atoms. The van der Waals surface area contributed by atoms with Gasteiger partial charge in [-0.1, -0.05) is 48.5 Å². The Morgan fingerprint density at radius 1 is 0.554 bits per heavy atom. The van der Waals surface area contributed by atoms with E-state index in [4.69, 9.17) is 9.47 Å². The molecule has 0 aromatic heterocycles. The quantitative estimate of drug-likeness (QED) is 0.101. The monoisotopic (exact) mass is 1210 g/mol. The van der Waals surface area contributed by atoms with Crippen molar-refractivity contribution >= 4 is 72.2 Å². The maximum Gasteiger partial charge on any atom is 0.241 e. The number of hydrogen-bond acceptors (Lipinski definition) is 12. The topological polar surface area (TPSA) is 154 Å². The lowest BCUT2D eigenvalue weighted by atomic mass is 9.82. The van der Waals surface area contributed by atoms with Crippen LogP contribution < -0.4 is 31.1 Å². The van der Waals surface area contributed by atoms with E-state index >= 15 is 0 Å². The molecule has 10 rings (SSSR count). The highest BCUT2D eigenvalue weighted by Crippen LogP contribution is 2.44. The zero-order valence-corrected chi connectivity index (χ0v) is 51.3. The van der Waals surface area contributed by atoms with Crippen molar-refractivity contribution in [2.24, 2.45) is 0 Å². The minimum atomic E-state index is -1.12. The van der Waals surface area contributed by atoms with E-state index in [1.165, 1.54) is 24.3 Å². The van der Waals surface area contributed by atoms with E-state index in [2.05, 4.69) is 68.6 Å². The summed E-state index contributed by atoms with van der Waals surface area (Å²) in [6.07, 6.45) is 1.04. The molecule has 6 aliphatic rings. The first-order valence-electron chi connectivity index (χ1n) is 29.0. The van der Waals surface area contributed by atoms with Crippen LogP contribution in [0.1, 0.15) is 74.9 Å². The predicted molar refractivity (Wildman–Crippen MR) is 328 cm³/mol. The number of piperazine rings is 2. The van der Waals surface area contributed by atoms with Gasteiger partial charge in [0, 0.05) is 126 Å². The molecular formula is C62H85Cl3F2N10O6. The zero-order chi connectivity index (χ0) is 56.3. The van der Waals surface area contributed by atoms with Crippen molar-refractivity contribution in [1.82, 2.24) is 40.9 Å². The molecule has 4 aromatic carbocycles. The highest BCUT2D eigenvalue weighted by Gasteiger charge is 2.49. The molecule has 21 heteroatoms. The molecule has 83 heavy (non-hydrogen) atoms. The molecule has 4 saturated heterocycles. The van der Waals surface area contributed by atoms with E-state index < -0.39 is 10.8 Å². The van der Waals surface area contributed by atoms with Crippen molar-refractivity contribution < 1.29 is 37.4 Å². The van der Waals surface area contributed by atoms with Gasteiger partial charge in [0.1, 0.15) is 11.6 Å². The Kier molecular flexibility index (Phi) is 22.6. The van der Waals surface area contributed by atoms with Crippen LogP contribution in [0.5, 0.6) is 0 Å². The average Bonchev–Trinajstić information content (AvgIpc) is 4.10. The van der Waals surface area contributed by atoms with Crippen LogP contribution in [-0.4, -0.2) is 198 Å².